The van der Waals surface area contributed by atoms with E-state index in [0.717, 1.165) is 13.1 Å². The minimum absolute atomic E-state index is 0.0176. The number of piperazine rings is 1. The van der Waals surface area contributed by atoms with Crippen LogP contribution in [0.4, 0.5) is 14.9 Å². The third-order valence-electron chi connectivity index (χ3n) is 4.71. The Morgan fingerprint density at radius 1 is 1.08 bits per heavy atom. The average Bonchev–Trinajstić information content (AvgIpc) is 2.97. The number of amides is 3. The van der Waals surface area contributed by atoms with Crippen LogP contribution >= 0.6 is 0 Å². The van der Waals surface area contributed by atoms with Gasteiger partial charge in [-0.1, -0.05) is 12.1 Å². The summed E-state index contributed by atoms with van der Waals surface area (Å²) >= 11 is 0. The molecule has 0 atom stereocenters. The number of para-hydroxylation sites is 1. The smallest absolute Gasteiger partial charge is 0.325 e. The lowest BCUT2D eigenvalue weighted by atomic mass is 10.3. The molecule has 1 aromatic rings. The minimum atomic E-state index is -0.441. The normalized spacial score (nSPS) is 19.0. The number of urea groups is 1. The molecule has 0 aliphatic carbocycles. The van der Waals surface area contributed by atoms with Gasteiger partial charge in [-0.05, 0) is 12.1 Å². The van der Waals surface area contributed by atoms with Crippen LogP contribution in [0, 0.1) is 5.82 Å². The van der Waals surface area contributed by atoms with Gasteiger partial charge in [-0.25, -0.2) is 9.18 Å². The fraction of sp³-hybridized carbons (Fsp3) is 0.529. The van der Waals surface area contributed by atoms with Crippen molar-refractivity contribution in [2.24, 2.45) is 0 Å². The molecule has 2 fully saturated rings. The number of aliphatic hydroxyl groups excluding tert-OH is 1. The number of nitrogens with zero attached hydrogens (tertiary/aromatic N) is 4. The lowest BCUT2D eigenvalue weighted by Crippen LogP contribution is -2.52. The monoisotopic (exact) mass is 350 g/mol. The number of anilines is 1. The maximum absolute atomic E-state index is 13.9. The van der Waals surface area contributed by atoms with Gasteiger partial charge in [0.2, 0.25) is 5.91 Å². The van der Waals surface area contributed by atoms with E-state index >= 15 is 0 Å². The van der Waals surface area contributed by atoms with Gasteiger partial charge < -0.3 is 14.9 Å². The number of benzene rings is 1. The summed E-state index contributed by atoms with van der Waals surface area (Å²) in [5.41, 5.74) is 0.250. The summed E-state index contributed by atoms with van der Waals surface area (Å²) in [6, 6.07) is 5.82. The number of halogens is 1. The van der Waals surface area contributed by atoms with Crippen LogP contribution in [0.1, 0.15) is 0 Å². The Bertz CT molecular complexity index is 634. The fourth-order valence-electron chi connectivity index (χ4n) is 3.25. The molecule has 0 unspecified atom stereocenters. The van der Waals surface area contributed by atoms with Gasteiger partial charge in [0.05, 0.1) is 12.3 Å². The Balaban J connectivity index is 1.55. The highest BCUT2D eigenvalue weighted by Gasteiger charge is 2.33. The predicted molar refractivity (Wildman–Crippen MR) is 90.8 cm³/mol. The highest BCUT2D eigenvalue weighted by atomic mass is 19.1. The van der Waals surface area contributed by atoms with E-state index in [1.807, 2.05) is 0 Å². The van der Waals surface area contributed by atoms with E-state index in [1.54, 1.807) is 23.1 Å². The molecule has 136 valence electrons. The van der Waals surface area contributed by atoms with Crippen molar-refractivity contribution >= 4 is 17.6 Å². The van der Waals surface area contributed by atoms with Crippen molar-refractivity contribution in [2.45, 2.75) is 0 Å². The van der Waals surface area contributed by atoms with E-state index in [-0.39, 0.29) is 30.8 Å². The zero-order valence-corrected chi connectivity index (χ0v) is 14.1. The second kappa shape index (κ2) is 7.79. The van der Waals surface area contributed by atoms with E-state index in [9.17, 15) is 14.0 Å². The topological polar surface area (TPSA) is 67.3 Å². The van der Waals surface area contributed by atoms with Crippen molar-refractivity contribution in [2.75, 3.05) is 63.9 Å². The summed E-state index contributed by atoms with van der Waals surface area (Å²) in [4.78, 5) is 31.6. The van der Waals surface area contributed by atoms with Crippen LogP contribution in [0.15, 0.2) is 24.3 Å². The van der Waals surface area contributed by atoms with Crippen molar-refractivity contribution in [1.29, 1.82) is 0 Å². The highest BCUT2D eigenvalue weighted by molar-refractivity contribution is 5.96. The lowest BCUT2D eigenvalue weighted by molar-refractivity contribution is -0.133. The Labute approximate surface area is 146 Å². The number of hydrogen-bond donors (Lipinski definition) is 1. The first-order valence-corrected chi connectivity index (χ1v) is 8.52. The standard InChI is InChI=1S/C17H23FN4O3/c18-14-3-1-2-4-15(14)22-10-9-21(17(22)25)13-16(24)20-7-5-19(6-8-20)11-12-23/h1-4,23H,5-13H2. The highest BCUT2D eigenvalue weighted by Crippen LogP contribution is 2.23. The minimum Gasteiger partial charge on any atom is -0.395 e. The SMILES string of the molecule is O=C(CN1CCN(c2ccccc2F)C1=O)N1CCN(CCO)CC1. The van der Waals surface area contributed by atoms with Crippen LogP contribution in [0.2, 0.25) is 0 Å². The second-order valence-corrected chi connectivity index (χ2v) is 6.25. The molecule has 2 aliphatic heterocycles. The van der Waals surface area contributed by atoms with Crippen LogP contribution in [-0.2, 0) is 4.79 Å². The number of hydrogen-bond acceptors (Lipinski definition) is 4. The number of rotatable bonds is 5. The van der Waals surface area contributed by atoms with E-state index in [1.165, 1.54) is 15.9 Å². The Kier molecular flexibility index (Phi) is 5.50. The summed E-state index contributed by atoms with van der Waals surface area (Å²) in [5.74, 6) is -0.531. The maximum Gasteiger partial charge on any atom is 0.325 e. The molecule has 0 radical (unpaired) electrons. The van der Waals surface area contributed by atoms with Crippen molar-refractivity contribution in [3.05, 3.63) is 30.1 Å². The Morgan fingerprint density at radius 2 is 1.80 bits per heavy atom. The van der Waals surface area contributed by atoms with Crippen molar-refractivity contribution in [3.63, 3.8) is 0 Å². The zero-order chi connectivity index (χ0) is 17.8. The van der Waals surface area contributed by atoms with Gasteiger partial charge in [0.15, 0.2) is 0 Å². The summed E-state index contributed by atoms with van der Waals surface area (Å²) in [6.45, 7) is 4.16. The summed E-state index contributed by atoms with van der Waals surface area (Å²) in [7, 11) is 0. The van der Waals surface area contributed by atoms with Gasteiger partial charge in [0, 0.05) is 45.8 Å². The number of carbonyl (C=O) groups is 2. The molecule has 2 saturated heterocycles. The van der Waals surface area contributed by atoms with E-state index in [4.69, 9.17) is 5.11 Å². The molecule has 7 nitrogen and oxygen atoms in total. The number of β-amino-alcohol motifs (C(OH)–C–C–N with tert-alkyl or cyclic N) is 1. The molecule has 0 aromatic heterocycles. The molecule has 3 rings (SSSR count). The molecule has 0 saturated carbocycles. The third kappa shape index (κ3) is 3.91. The van der Waals surface area contributed by atoms with Gasteiger partial charge in [-0.15, -0.1) is 0 Å². The molecular formula is C17H23FN4O3. The molecule has 2 aliphatic rings. The Morgan fingerprint density at radius 3 is 2.48 bits per heavy atom. The van der Waals surface area contributed by atoms with Gasteiger partial charge in [0.25, 0.3) is 0 Å². The molecule has 1 aromatic carbocycles. The lowest BCUT2D eigenvalue weighted by Gasteiger charge is -2.35. The molecular weight excluding hydrogens is 327 g/mol. The number of aliphatic hydroxyl groups is 1. The van der Waals surface area contributed by atoms with Crippen LogP contribution in [0.3, 0.4) is 0 Å². The molecule has 25 heavy (non-hydrogen) atoms. The van der Waals surface area contributed by atoms with Crippen LogP contribution < -0.4 is 4.90 Å². The van der Waals surface area contributed by atoms with Gasteiger partial charge in [-0.2, -0.15) is 0 Å². The maximum atomic E-state index is 13.9. The summed E-state index contributed by atoms with van der Waals surface area (Å²) in [6.07, 6.45) is 0. The quantitative estimate of drug-likeness (QED) is 0.824. The Hall–Kier alpha value is -2.19. The molecule has 3 amide bonds. The van der Waals surface area contributed by atoms with Crippen LogP contribution in [0.5, 0.6) is 0 Å². The van der Waals surface area contributed by atoms with Crippen molar-refractivity contribution in [3.8, 4) is 0 Å². The summed E-state index contributed by atoms with van der Waals surface area (Å²) < 4.78 is 13.9. The van der Waals surface area contributed by atoms with Crippen molar-refractivity contribution in [1.82, 2.24) is 14.7 Å². The summed E-state index contributed by atoms with van der Waals surface area (Å²) in [5, 5.41) is 8.95. The first-order valence-electron chi connectivity index (χ1n) is 8.52. The average molecular weight is 350 g/mol. The molecule has 2 heterocycles. The van der Waals surface area contributed by atoms with Gasteiger partial charge in [0.1, 0.15) is 12.4 Å². The largest absolute Gasteiger partial charge is 0.395 e. The zero-order valence-electron chi connectivity index (χ0n) is 14.1. The number of carbonyl (C=O) groups excluding carboxylic acids is 2. The molecule has 8 heteroatoms. The van der Waals surface area contributed by atoms with Gasteiger partial charge >= 0.3 is 6.03 Å². The van der Waals surface area contributed by atoms with E-state index < -0.39 is 5.82 Å². The van der Waals surface area contributed by atoms with Crippen LogP contribution in [-0.4, -0.2) is 90.7 Å². The molecule has 0 spiro atoms. The van der Waals surface area contributed by atoms with Crippen molar-refractivity contribution < 1.29 is 19.1 Å². The van der Waals surface area contributed by atoms with Crippen LogP contribution in [0.25, 0.3) is 0 Å². The third-order valence-corrected chi connectivity index (χ3v) is 4.71. The molecule has 0 bridgehead atoms. The molecule has 1 N–H and O–H groups in total. The first kappa shape index (κ1) is 17.6. The first-order chi connectivity index (χ1) is 12.1. The van der Waals surface area contributed by atoms with Gasteiger partial charge in [-0.3, -0.25) is 14.6 Å². The second-order valence-electron chi connectivity index (χ2n) is 6.25. The van der Waals surface area contributed by atoms with E-state index in [0.29, 0.717) is 32.7 Å². The van der Waals surface area contributed by atoms with E-state index in [2.05, 4.69) is 4.90 Å². The fourth-order valence-corrected chi connectivity index (χ4v) is 3.25. The predicted octanol–water partition coefficient (Wildman–Crippen LogP) is 0.204.